The van der Waals surface area contributed by atoms with E-state index in [1.165, 1.54) is 0 Å². The fourth-order valence-electron chi connectivity index (χ4n) is 2.04. The highest BCUT2D eigenvalue weighted by atomic mass is 19.1. The fourth-order valence-corrected chi connectivity index (χ4v) is 2.04. The lowest BCUT2D eigenvalue weighted by Crippen LogP contribution is -2.43. The van der Waals surface area contributed by atoms with Gasteiger partial charge in [0.25, 0.3) is 0 Å². The summed E-state index contributed by atoms with van der Waals surface area (Å²) in [6, 6.07) is 2.09. The first kappa shape index (κ1) is 12.8. The third-order valence-corrected chi connectivity index (χ3v) is 2.94. The van der Waals surface area contributed by atoms with Crippen LogP contribution in [0.25, 0.3) is 0 Å². The summed E-state index contributed by atoms with van der Waals surface area (Å²) in [6.45, 7) is 3.35. The molecular formula is C12H13F2NO3. The third kappa shape index (κ3) is 2.28. The van der Waals surface area contributed by atoms with Crippen molar-refractivity contribution in [3.63, 3.8) is 0 Å². The van der Waals surface area contributed by atoms with Crippen molar-refractivity contribution in [2.24, 2.45) is 0 Å². The van der Waals surface area contributed by atoms with E-state index in [1.54, 1.807) is 4.90 Å². The van der Waals surface area contributed by atoms with Gasteiger partial charge in [0.15, 0.2) is 0 Å². The third-order valence-electron chi connectivity index (χ3n) is 2.94. The molecule has 0 aromatic heterocycles. The zero-order chi connectivity index (χ0) is 13.3. The number of halogens is 2. The molecule has 0 saturated carbocycles. The first-order chi connectivity index (χ1) is 8.50. The summed E-state index contributed by atoms with van der Waals surface area (Å²) in [7, 11) is 0. The molecule has 4 nitrogen and oxygen atoms in total. The predicted octanol–water partition coefficient (Wildman–Crippen LogP) is 1.89. The lowest BCUT2D eigenvalue weighted by Gasteiger charge is -2.35. The number of carboxylic acid groups (broad SMARTS) is 1. The van der Waals surface area contributed by atoms with Gasteiger partial charge in [0.05, 0.1) is 13.2 Å². The number of hydrogen-bond acceptors (Lipinski definition) is 3. The van der Waals surface area contributed by atoms with E-state index < -0.39 is 23.2 Å². The summed E-state index contributed by atoms with van der Waals surface area (Å²) in [5.41, 5.74) is -0.578. The van der Waals surface area contributed by atoms with Crippen LogP contribution < -0.4 is 4.90 Å². The maximum Gasteiger partial charge on any atom is 0.341 e. The van der Waals surface area contributed by atoms with Gasteiger partial charge in [0.1, 0.15) is 17.2 Å². The zero-order valence-electron chi connectivity index (χ0n) is 9.82. The normalized spacial score (nSPS) is 19.9. The molecule has 1 saturated heterocycles. The standard InChI is InChI=1S/C12H13F2NO3/c1-7-6-18-3-2-15(7)8-4-9(13)11(12(16)17)10(14)5-8/h4-5,7H,2-3,6H2,1H3,(H,16,17)/t7-/m1/s1. The largest absolute Gasteiger partial charge is 0.477 e. The van der Waals surface area contributed by atoms with Gasteiger partial charge >= 0.3 is 5.97 Å². The maximum absolute atomic E-state index is 13.6. The zero-order valence-corrected chi connectivity index (χ0v) is 9.82. The van der Waals surface area contributed by atoms with Gasteiger partial charge in [-0.1, -0.05) is 0 Å². The molecule has 98 valence electrons. The number of carboxylic acids is 1. The summed E-state index contributed by atoms with van der Waals surface area (Å²) in [6.07, 6.45) is 0. The molecule has 1 heterocycles. The van der Waals surface area contributed by atoms with Gasteiger partial charge in [-0.25, -0.2) is 13.6 Å². The van der Waals surface area contributed by atoms with Gasteiger partial charge in [-0.05, 0) is 19.1 Å². The minimum Gasteiger partial charge on any atom is -0.477 e. The summed E-state index contributed by atoms with van der Waals surface area (Å²) >= 11 is 0. The Labute approximate surface area is 103 Å². The van der Waals surface area contributed by atoms with Crippen molar-refractivity contribution in [1.82, 2.24) is 0 Å². The number of hydrogen-bond donors (Lipinski definition) is 1. The molecule has 18 heavy (non-hydrogen) atoms. The van der Waals surface area contributed by atoms with Crippen LogP contribution in [0.15, 0.2) is 12.1 Å². The summed E-state index contributed by atoms with van der Waals surface area (Å²) < 4.78 is 32.4. The van der Waals surface area contributed by atoms with Crippen LogP contribution in [-0.2, 0) is 4.74 Å². The monoisotopic (exact) mass is 257 g/mol. The Kier molecular flexibility index (Phi) is 3.47. The van der Waals surface area contributed by atoms with Gasteiger partial charge in [0.2, 0.25) is 0 Å². The van der Waals surface area contributed by atoms with E-state index in [2.05, 4.69) is 0 Å². The molecule has 1 N–H and O–H groups in total. The number of nitrogens with zero attached hydrogens (tertiary/aromatic N) is 1. The van der Waals surface area contributed by atoms with Gasteiger partial charge < -0.3 is 14.7 Å². The maximum atomic E-state index is 13.6. The molecule has 1 fully saturated rings. The molecular weight excluding hydrogens is 244 g/mol. The lowest BCUT2D eigenvalue weighted by molar-refractivity contribution is 0.0686. The van der Waals surface area contributed by atoms with Crippen molar-refractivity contribution in [1.29, 1.82) is 0 Å². The number of ether oxygens (including phenoxy) is 1. The average Bonchev–Trinajstić information content (AvgIpc) is 2.27. The van der Waals surface area contributed by atoms with E-state index >= 15 is 0 Å². The summed E-state index contributed by atoms with van der Waals surface area (Å²) in [5, 5.41) is 8.69. The van der Waals surface area contributed by atoms with Crippen molar-refractivity contribution in [3.8, 4) is 0 Å². The molecule has 0 spiro atoms. The molecule has 1 aliphatic heterocycles. The second-order valence-electron chi connectivity index (χ2n) is 4.21. The Bertz CT molecular complexity index is 455. The quantitative estimate of drug-likeness (QED) is 0.879. The molecule has 0 unspecified atom stereocenters. The number of aromatic carboxylic acids is 1. The van der Waals surface area contributed by atoms with Crippen molar-refractivity contribution < 1.29 is 23.4 Å². The van der Waals surface area contributed by atoms with Gasteiger partial charge in [-0.3, -0.25) is 0 Å². The van der Waals surface area contributed by atoms with Crippen molar-refractivity contribution >= 4 is 11.7 Å². The Hall–Kier alpha value is -1.69. The average molecular weight is 257 g/mol. The second kappa shape index (κ2) is 4.89. The Morgan fingerprint density at radius 2 is 2.06 bits per heavy atom. The van der Waals surface area contributed by atoms with E-state index in [0.29, 0.717) is 25.4 Å². The van der Waals surface area contributed by atoms with E-state index in [0.717, 1.165) is 12.1 Å². The highest BCUT2D eigenvalue weighted by Crippen LogP contribution is 2.25. The van der Waals surface area contributed by atoms with Crippen LogP contribution in [0.1, 0.15) is 17.3 Å². The summed E-state index contributed by atoms with van der Waals surface area (Å²) in [5.74, 6) is -3.72. The SMILES string of the molecule is C[C@@H]1COCCN1c1cc(F)c(C(=O)O)c(F)c1. The van der Waals surface area contributed by atoms with E-state index in [-0.39, 0.29) is 6.04 Å². The molecule has 2 rings (SSSR count). The number of anilines is 1. The first-order valence-electron chi connectivity index (χ1n) is 5.57. The van der Waals surface area contributed by atoms with Crippen molar-refractivity contribution in [3.05, 3.63) is 29.3 Å². The Morgan fingerprint density at radius 3 is 2.56 bits per heavy atom. The number of morpholine rings is 1. The van der Waals surface area contributed by atoms with E-state index in [1.807, 2.05) is 6.92 Å². The van der Waals surface area contributed by atoms with Crippen LogP contribution in [-0.4, -0.2) is 36.9 Å². The van der Waals surface area contributed by atoms with Crippen LogP contribution in [0.4, 0.5) is 14.5 Å². The molecule has 6 heteroatoms. The molecule has 0 bridgehead atoms. The first-order valence-corrected chi connectivity index (χ1v) is 5.57. The van der Waals surface area contributed by atoms with Crippen LogP contribution in [0, 0.1) is 11.6 Å². The Morgan fingerprint density at radius 1 is 1.44 bits per heavy atom. The second-order valence-corrected chi connectivity index (χ2v) is 4.21. The number of rotatable bonds is 2. The lowest BCUT2D eigenvalue weighted by atomic mass is 10.1. The van der Waals surface area contributed by atoms with Crippen molar-refractivity contribution in [2.75, 3.05) is 24.7 Å². The highest BCUT2D eigenvalue weighted by Gasteiger charge is 2.23. The molecule has 1 aliphatic rings. The summed E-state index contributed by atoms with van der Waals surface area (Å²) in [4.78, 5) is 12.5. The van der Waals surface area contributed by atoms with E-state index in [9.17, 15) is 13.6 Å². The molecule has 1 aromatic carbocycles. The molecule has 1 atom stereocenters. The van der Waals surface area contributed by atoms with E-state index in [4.69, 9.17) is 9.84 Å². The van der Waals surface area contributed by atoms with Crippen LogP contribution in [0.2, 0.25) is 0 Å². The number of benzene rings is 1. The van der Waals surface area contributed by atoms with Gasteiger partial charge in [-0.2, -0.15) is 0 Å². The molecule has 1 aromatic rings. The fraction of sp³-hybridized carbons (Fsp3) is 0.417. The molecule has 0 radical (unpaired) electrons. The highest BCUT2D eigenvalue weighted by molar-refractivity contribution is 5.88. The van der Waals surface area contributed by atoms with Crippen LogP contribution in [0.5, 0.6) is 0 Å². The minimum absolute atomic E-state index is 0.00627. The van der Waals surface area contributed by atoms with Gasteiger partial charge in [0, 0.05) is 18.3 Å². The Balaban J connectivity index is 2.38. The number of carbonyl (C=O) groups is 1. The topological polar surface area (TPSA) is 49.8 Å². The van der Waals surface area contributed by atoms with Crippen LogP contribution >= 0.6 is 0 Å². The molecule has 0 aliphatic carbocycles. The van der Waals surface area contributed by atoms with Crippen LogP contribution in [0.3, 0.4) is 0 Å². The predicted molar refractivity (Wildman–Crippen MR) is 60.9 cm³/mol. The smallest absolute Gasteiger partial charge is 0.341 e. The van der Waals surface area contributed by atoms with Crippen molar-refractivity contribution in [2.45, 2.75) is 13.0 Å². The van der Waals surface area contributed by atoms with Gasteiger partial charge in [-0.15, -0.1) is 0 Å². The molecule has 0 amide bonds. The minimum atomic E-state index is -1.61.